The largest absolute Gasteiger partial charge is 0.744 e. The number of allylic oxidation sites excluding steroid dienone is 6. The summed E-state index contributed by atoms with van der Waals surface area (Å²) in [5.41, 5.74) is 0.311. The lowest BCUT2D eigenvalue weighted by Crippen LogP contribution is -2.48. The Balaban J connectivity index is 1.44. The van der Waals surface area contributed by atoms with E-state index in [1.165, 1.54) is 18.2 Å². The van der Waals surface area contributed by atoms with Gasteiger partial charge >= 0.3 is 16.1 Å². The zero-order chi connectivity index (χ0) is 42.1. The lowest BCUT2D eigenvalue weighted by molar-refractivity contribution is -0.433. The van der Waals surface area contributed by atoms with E-state index in [2.05, 4.69) is 5.32 Å². The van der Waals surface area contributed by atoms with Crippen molar-refractivity contribution < 1.29 is 58.2 Å². The Kier molecular flexibility index (Phi) is 10.1. The molecule has 1 amide bonds. The molecule has 4 N–H and O–H groups in total. The van der Waals surface area contributed by atoms with Gasteiger partial charge in [-0.3, -0.25) is 18.7 Å². The minimum absolute atomic E-state index is 0.0114. The van der Waals surface area contributed by atoms with Crippen molar-refractivity contribution in [2.24, 2.45) is 5.41 Å². The van der Waals surface area contributed by atoms with Gasteiger partial charge in [0.1, 0.15) is 21.6 Å². The number of aliphatic carboxylic acids is 1. The summed E-state index contributed by atoms with van der Waals surface area (Å²) in [6.07, 6.45) is 7.90. The summed E-state index contributed by atoms with van der Waals surface area (Å²) in [7, 11) is -14.8. The van der Waals surface area contributed by atoms with E-state index in [-0.39, 0.29) is 52.7 Å². The quantitative estimate of drug-likeness (QED) is 0.0820. The van der Waals surface area contributed by atoms with Crippen molar-refractivity contribution in [1.82, 2.24) is 9.88 Å². The van der Waals surface area contributed by atoms with Gasteiger partial charge in [-0.15, -0.1) is 0 Å². The van der Waals surface area contributed by atoms with Gasteiger partial charge in [0.05, 0.1) is 15.8 Å². The average molecular weight is 848 g/mol. The smallest absolute Gasteiger partial charge is 0.319 e. The van der Waals surface area contributed by atoms with Crippen LogP contribution < -0.4 is 10.7 Å². The molecule has 1 atom stereocenters. The number of carboxylic acids is 1. The summed E-state index contributed by atoms with van der Waals surface area (Å²) in [6.45, 7) is 6.02. The highest BCUT2D eigenvalue weighted by Crippen LogP contribution is 2.44. The van der Waals surface area contributed by atoms with E-state index < -0.39 is 57.4 Å². The predicted molar refractivity (Wildman–Crippen MR) is 214 cm³/mol. The maximum atomic E-state index is 13.6. The van der Waals surface area contributed by atoms with Crippen LogP contribution in [0.15, 0.2) is 105 Å². The van der Waals surface area contributed by atoms with Crippen molar-refractivity contribution in [2.75, 3.05) is 13.1 Å². The molecule has 1 aliphatic heterocycles. The molecule has 0 saturated heterocycles. The maximum Gasteiger partial charge on any atom is 0.319 e. The number of benzene rings is 4. The maximum absolute atomic E-state index is 13.6. The van der Waals surface area contributed by atoms with Crippen LogP contribution in [0.25, 0.3) is 38.5 Å². The first-order valence-electron chi connectivity index (χ1n) is 18.1. The van der Waals surface area contributed by atoms with Gasteiger partial charge in [0.2, 0.25) is 17.3 Å². The number of carboxylic acid groups (broad SMARTS) is 1. The van der Waals surface area contributed by atoms with Crippen molar-refractivity contribution in [3.05, 3.63) is 101 Å². The second-order valence-electron chi connectivity index (χ2n) is 14.0. The second-order valence-corrected chi connectivity index (χ2v) is 18.1. The molecule has 0 fully saturated rings. The van der Waals surface area contributed by atoms with Gasteiger partial charge in [0, 0.05) is 51.6 Å². The van der Waals surface area contributed by atoms with Crippen LogP contribution in [0, 0.1) is 5.41 Å². The van der Waals surface area contributed by atoms with E-state index in [4.69, 9.17) is 0 Å². The predicted octanol–water partition coefficient (Wildman–Crippen LogP) is 4.44. The summed E-state index contributed by atoms with van der Waals surface area (Å²) in [5.74, 6) is -2.08. The number of hydrogen-bond donors (Lipinski definition) is 4. The first-order valence-corrected chi connectivity index (χ1v) is 22.4. The first kappa shape index (κ1) is 40.7. The Bertz CT molecular complexity index is 3180. The van der Waals surface area contributed by atoms with Crippen molar-refractivity contribution in [2.45, 2.75) is 54.8 Å². The number of rotatable bonds is 11. The fraction of sp³-hybridized carbons (Fsp3) is 0.225. The van der Waals surface area contributed by atoms with Gasteiger partial charge in [-0.2, -0.15) is 21.4 Å². The topological polar surface area (TPSA) is 240 Å². The molecule has 58 heavy (non-hydrogen) atoms. The molecular weight excluding hydrogens is 811 g/mol. The van der Waals surface area contributed by atoms with Gasteiger partial charge < -0.3 is 19.5 Å². The molecule has 1 aromatic heterocycles. The number of aryl methyl sites for hydroxylation is 1. The molecule has 0 spiro atoms. The van der Waals surface area contributed by atoms with Gasteiger partial charge in [-0.05, 0) is 75.1 Å². The molecular formula is C40H37N3O12S3. The van der Waals surface area contributed by atoms with E-state index in [1.54, 1.807) is 79.1 Å². The summed E-state index contributed by atoms with van der Waals surface area (Å²) < 4.78 is 110. The van der Waals surface area contributed by atoms with Crippen LogP contribution in [0.4, 0.5) is 5.69 Å². The van der Waals surface area contributed by atoms with Crippen molar-refractivity contribution >= 4 is 92.2 Å². The highest BCUT2D eigenvalue weighted by molar-refractivity contribution is 7.87. The highest BCUT2D eigenvalue weighted by Gasteiger charge is 2.48. The van der Waals surface area contributed by atoms with Gasteiger partial charge in [0.15, 0.2) is 10.3 Å². The molecule has 15 nitrogen and oxygen atoms in total. The summed E-state index contributed by atoms with van der Waals surface area (Å²) in [5, 5.41) is 15.6. The molecule has 5 aromatic rings. The van der Waals surface area contributed by atoms with E-state index in [9.17, 15) is 53.6 Å². The number of amides is 1. The standard InChI is InChI=1S/C40H37N3O12S3/c1-4-41-38(44)40(39(45)46)21-23(13-15-29-25-9-7-11-27-32(56(47,48)49)18-17-31(35(25)27)42(29)5-2)19-24(22-40)14-16-30-26-10-8-12-28-33(57(50,51)52)20-34(58(53,54)55)37(36(26)28)43(30)6-3/h7-20H,4-6,21-22H2,1-3H3,(H4-,41,44,45,46,47,48,49,50,51,52,53,54,55). The molecule has 0 saturated carbocycles. The Morgan fingerprint density at radius 3 is 2.10 bits per heavy atom. The zero-order valence-electron chi connectivity index (χ0n) is 31.3. The zero-order valence-corrected chi connectivity index (χ0v) is 33.7. The fourth-order valence-corrected chi connectivity index (χ4v) is 10.5. The molecule has 2 aliphatic rings. The van der Waals surface area contributed by atoms with Crippen LogP contribution in [-0.2, 0) is 46.5 Å². The van der Waals surface area contributed by atoms with Gasteiger partial charge in [-0.1, -0.05) is 48.6 Å². The fourth-order valence-electron chi connectivity index (χ4n) is 8.30. The third-order valence-electron chi connectivity index (χ3n) is 10.7. The Morgan fingerprint density at radius 2 is 1.50 bits per heavy atom. The first-order chi connectivity index (χ1) is 27.3. The molecule has 1 aliphatic carbocycles. The average Bonchev–Trinajstić information content (AvgIpc) is 3.64. The van der Waals surface area contributed by atoms with E-state index in [0.717, 1.165) is 0 Å². The van der Waals surface area contributed by atoms with Crippen molar-refractivity contribution in [3.63, 3.8) is 0 Å². The van der Waals surface area contributed by atoms with Crippen LogP contribution >= 0.6 is 0 Å². The van der Waals surface area contributed by atoms with E-state index in [1.807, 2.05) is 11.5 Å². The number of aromatic nitrogens is 1. The number of hydrogen-bond acceptors (Lipinski definition) is 9. The van der Waals surface area contributed by atoms with Crippen LogP contribution in [0.3, 0.4) is 0 Å². The lowest BCUT2D eigenvalue weighted by atomic mass is 9.71. The van der Waals surface area contributed by atoms with E-state index in [0.29, 0.717) is 56.7 Å². The Hall–Kier alpha value is -5.50. The van der Waals surface area contributed by atoms with Gasteiger partial charge in [0.25, 0.3) is 10.1 Å². The highest BCUT2D eigenvalue weighted by atomic mass is 32.2. The SMILES string of the molecule is CCNC(=O)C1(C(=O)O)CC(=CC=c2c3cccc4c(S(=O)(=O)[O-])ccc(c43)n2CC)C=C(C=CC2=[N+](CC)c3c(S(=O)(=O)O)cc(S(=O)(=O)O)c4cccc2c34)C1. The molecule has 1 unspecified atom stereocenters. The van der Waals surface area contributed by atoms with Crippen LogP contribution in [0.2, 0.25) is 0 Å². The number of carbonyl (C=O) groups excluding carboxylic acids is 1. The van der Waals surface area contributed by atoms with Gasteiger partial charge in [-0.25, -0.2) is 8.42 Å². The minimum Gasteiger partial charge on any atom is -0.744 e. The van der Waals surface area contributed by atoms with Crippen molar-refractivity contribution in [1.29, 1.82) is 0 Å². The summed E-state index contributed by atoms with van der Waals surface area (Å²) >= 11 is 0. The van der Waals surface area contributed by atoms with Crippen LogP contribution in [-0.4, -0.2) is 83.8 Å². The lowest BCUT2D eigenvalue weighted by Gasteiger charge is -2.32. The van der Waals surface area contributed by atoms with Crippen molar-refractivity contribution in [3.8, 4) is 0 Å². The second kappa shape index (κ2) is 14.4. The normalized spacial score (nSPS) is 18.7. The molecule has 0 bridgehead atoms. The summed E-state index contributed by atoms with van der Waals surface area (Å²) in [4.78, 5) is 25.0. The third-order valence-corrected chi connectivity index (χ3v) is 13.3. The number of nitrogens with zero attached hydrogens (tertiary/aromatic N) is 2. The minimum atomic E-state index is -5.03. The Morgan fingerprint density at radius 1 is 0.845 bits per heavy atom. The Labute approximate surface area is 333 Å². The van der Waals surface area contributed by atoms with E-state index >= 15 is 0 Å². The molecule has 2 heterocycles. The molecule has 0 radical (unpaired) electrons. The number of carbonyl (C=O) groups is 2. The molecule has 7 rings (SSSR count). The van der Waals surface area contributed by atoms with Crippen LogP contribution in [0.5, 0.6) is 0 Å². The monoisotopic (exact) mass is 847 g/mol. The van der Waals surface area contributed by atoms with Crippen LogP contribution in [0.1, 0.15) is 39.2 Å². The third kappa shape index (κ3) is 6.64. The molecule has 18 heteroatoms. The number of nitrogens with one attached hydrogen (secondary N) is 1. The molecule has 4 aromatic carbocycles. The molecule has 302 valence electrons. The summed E-state index contributed by atoms with van der Waals surface area (Å²) in [6, 6.07) is 13.1.